The number of hydrogen-bond donors (Lipinski definition) is 1. The second kappa shape index (κ2) is 6.44. The number of anilines is 1. The normalized spacial score (nSPS) is 11.3. The summed E-state index contributed by atoms with van der Waals surface area (Å²) in [6, 6.07) is 13.4. The summed E-state index contributed by atoms with van der Waals surface area (Å²) in [4.78, 5) is 4.10. The number of aryl methyl sites for hydroxylation is 1. The average molecular weight is 345 g/mol. The Bertz CT molecular complexity index is 847. The van der Waals surface area contributed by atoms with Gasteiger partial charge in [0.2, 0.25) is 5.95 Å². The van der Waals surface area contributed by atoms with Crippen molar-refractivity contribution < 1.29 is 0 Å². The maximum Gasteiger partial charge on any atom is 0.221 e. The number of halogens is 2. The molecule has 0 fully saturated rings. The molecular formula is C17H14Cl2N4. The van der Waals surface area contributed by atoms with Crippen LogP contribution in [0.25, 0.3) is 11.1 Å². The first-order valence-electron chi connectivity index (χ1n) is 6.93. The van der Waals surface area contributed by atoms with E-state index in [-0.39, 0.29) is 0 Å². The largest absolute Gasteiger partial charge is 0.368 e. The Hall–Kier alpha value is -2.30. The minimum Gasteiger partial charge on any atom is -0.368 e. The first-order valence-corrected chi connectivity index (χ1v) is 7.69. The highest BCUT2D eigenvalue weighted by atomic mass is 35.5. The highest BCUT2D eigenvalue weighted by Crippen LogP contribution is 2.27. The Kier molecular flexibility index (Phi) is 4.37. The maximum absolute atomic E-state index is 6.04. The summed E-state index contributed by atoms with van der Waals surface area (Å²) in [5.41, 5.74) is 9.53. The predicted octanol–water partition coefficient (Wildman–Crippen LogP) is 4.63. The van der Waals surface area contributed by atoms with E-state index in [1.165, 1.54) is 0 Å². The molecule has 0 aliphatic carbocycles. The van der Waals surface area contributed by atoms with Gasteiger partial charge >= 0.3 is 0 Å². The zero-order valence-corrected chi connectivity index (χ0v) is 13.9. The molecule has 0 saturated heterocycles. The van der Waals surface area contributed by atoms with Gasteiger partial charge in [0.25, 0.3) is 0 Å². The standard InChI is InChI=1S/C17H14Cl2N4/c1-11-10-23(17(20)22-11)21-9-12-2-4-13(5-3-12)14-6-15(18)8-16(19)7-14/h2-10H,1H3,(H2,20,22). The fourth-order valence-electron chi connectivity index (χ4n) is 2.21. The van der Waals surface area contributed by atoms with E-state index in [2.05, 4.69) is 10.1 Å². The highest BCUT2D eigenvalue weighted by molar-refractivity contribution is 6.35. The molecule has 2 N–H and O–H groups in total. The van der Waals surface area contributed by atoms with E-state index in [0.29, 0.717) is 16.0 Å². The van der Waals surface area contributed by atoms with Crippen molar-refractivity contribution in [3.8, 4) is 11.1 Å². The molecule has 0 aliphatic heterocycles. The number of hydrogen-bond acceptors (Lipinski definition) is 3. The fourth-order valence-corrected chi connectivity index (χ4v) is 2.73. The maximum atomic E-state index is 6.04. The van der Waals surface area contributed by atoms with E-state index in [9.17, 15) is 0 Å². The first kappa shape index (κ1) is 15.6. The smallest absolute Gasteiger partial charge is 0.221 e. The highest BCUT2D eigenvalue weighted by Gasteiger charge is 2.02. The summed E-state index contributed by atoms with van der Waals surface area (Å²) >= 11 is 12.1. The molecule has 0 radical (unpaired) electrons. The van der Waals surface area contributed by atoms with Crippen molar-refractivity contribution in [2.75, 3.05) is 5.73 Å². The van der Waals surface area contributed by atoms with Crippen molar-refractivity contribution in [3.05, 3.63) is 70.0 Å². The molecule has 2 aromatic carbocycles. The number of nitrogen functional groups attached to an aromatic ring is 1. The third-order valence-corrected chi connectivity index (χ3v) is 3.71. The van der Waals surface area contributed by atoms with Gasteiger partial charge in [-0.1, -0.05) is 47.5 Å². The molecule has 0 unspecified atom stereocenters. The van der Waals surface area contributed by atoms with Crippen LogP contribution in [0, 0.1) is 6.92 Å². The third-order valence-electron chi connectivity index (χ3n) is 3.27. The molecule has 0 spiro atoms. The zero-order chi connectivity index (χ0) is 16.4. The van der Waals surface area contributed by atoms with Gasteiger partial charge in [0.05, 0.1) is 18.1 Å². The Morgan fingerprint density at radius 3 is 2.26 bits per heavy atom. The van der Waals surface area contributed by atoms with Crippen LogP contribution in [0.5, 0.6) is 0 Å². The van der Waals surface area contributed by atoms with Crippen molar-refractivity contribution in [3.63, 3.8) is 0 Å². The minimum absolute atomic E-state index is 0.365. The molecule has 4 nitrogen and oxygen atoms in total. The van der Waals surface area contributed by atoms with Gasteiger partial charge in [-0.2, -0.15) is 5.10 Å². The van der Waals surface area contributed by atoms with Crippen LogP contribution in [-0.4, -0.2) is 15.9 Å². The second-order valence-electron chi connectivity index (χ2n) is 5.11. The number of benzene rings is 2. The molecule has 0 saturated carbocycles. The number of aromatic nitrogens is 2. The SMILES string of the molecule is Cc1cn(N=Cc2ccc(-c3cc(Cl)cc(Cl)c3)cc2)c(N)n1. The Morgan fingerprint density at radius 2 is 1.70 bits per heavy atom. The Balaban J connectivity index is 1.83. The van der Waals surface area contributed by atoms with Crippen LogP contribution in [0.3, 0.4) is 0 Å². The predicted molar refractivity (Wildman–Crippen MR) is 96.3 cm³/mol. The topological polar surface area (TPSA) is 56.2 Å². The van der Waals surface area contributed by atoms with Crippen LogP contribution in [0.1, 0.15) is 11.3 Å². The van der Waals surface area contributed by atoms with E-state index >= 15 is 0 Å². The van der Waals surface area contributed by atoms with E-state index in [1.807, 2.05) is 43.3 Å². The lowest BCUT2D eigenvalue weighted by Gasteiger charge is -2.04. The van der Waals surface area contributed by atoms with Gasteiger partial charge in [0.1, 0.15) is 0 Å². The molecular weight excluding hydrogens is 331 g/mol. The summed E-state index contributed by atoms with van der Waals surface area (Å²) < 4.78 is 1.54. The molecule has 0 amide bonds. The van der Waals surface area contributed by atoms with Gasteiger partial charge < -0.3 is 5.73 Å². The monoisotopic (exact) mass is 344 g/mol. The lowest BCUT2D eigenvalue weighted by molar-refractivity contribution is 0.897. The average Bonchev–Trinajstić information content (AvgIpc) is 2.82. The summed E-state index contributed by atoms with van der Waals surface area (Å²) in [7, 11) is 0. The molecule has 1 heterocycles. The van der Waals surface area contributed by atoms with Crippen molar-refractivity contribution in [2.45, 2.75) is 6.92 Å². The quantitative estimate of drug-likeness (QED) is 0.704. The van der Waals surface area contributed by atoms with Crippen LogP contribution in [-0.2, 0) is 0 Å². The molecule has 0 aliphatic rings. The lowest BCUT2D eigenvalue weighted by atomic mass is 10.0. The summed E-state index contributed by atoms with van der Waals surface area (Å²) in [5.74, 6) is 0.365. The van der Waals surface area contributed by atoms with Crippen LogP contribution >= 0.6 is 23.2 Å². The number of nitrogens with zero attached hydrogens (tertiary/aromatic N) is 3. The molecule has 3 aromatic rings. The Labute approximate surface area is 144 Å². The second-order valence-corrected chi connectivity index (χ2v) is 5.98. The van der Waals surface area contributed by atoms with Gasteiger partial charge in [-0.3, -0.25) is 0 Å². The molecule has 23 heavy (non-hydrogen) atoms. The van der Waals surface area contributed by atoms with E-state index in [0.717, 1.165) is 22.4 Å². The summed E-state index contributed by atoms with van der Waals surface area (Å²) in [5, 5.41) is 5.52. The van der Waals surface area contributed by atoms with E-state index in [1.54, 1.807) is 23.2 Å². The lowest BCUT2D eigenvalue weighted by Crippen LogP contribution is -1.96. The van der Waals surface area contributed by atoms with Gasteiger partial charge in [0.15, 0.2) is 0 Å². The van der Waals surface area contributed by atoms with Gasteiger partial charge in [-0.15, -0.1) is 0 Å². The molecule has 0 bridgehead atoms. The fraction of sp³-hybridized carbons (Fsp3) is 0.0588. The zero-order valence-electron chi connectivity index (χ0n) is 12.4. The van der Waals surface area contributed by atoms with Crippen molar-refractivity contribution in [2.24, 2.45) is 5.10 Å². The Morgan fingerprint density at radius 1 is 1.04 bits per heavy atom. The van der Waals surface area contributed by atoms with Crippen molar-refractivity contribution >= 4 is 35.4 Å². The van der Waals surface area contributed by atoms with Crippen LogP contribution in [0.2, 0.25) is 10.0 Å². The minimum atomic E-state index is 0.365. The molecule has 116 valence electrons. The number of nitrogens with two attached hydrogens (primary N) is 1. The van der Waals surface area contributed by atoms with Crippen LogP contribution < -0.4 is 5.73 Å². The van der Waals surface area contributed by atoms with Gasteiger partial charge in [0, 0.05) is 10.0 Å². The van der Waals surface area contributed by atoms with E-state index in [4.69, 9.17) is 28.9 Å². The molecule has 3 rings (SSSR count). The van der Waals surface area contributed by atoms with E-state index < -0.39 is 0 Å². The summed E-state index contributed by atoms with van der Waals surface area (Å²) in [6.45, 7) is 1.87. The van der Waals surface area contributed by atoms with Crippen molar-refractivity contribution in [1.29, 1.82) is 0 Å². The molecule has 6 heteroatoms. The number of rotatable bonds is 3. The van der Waals surface area contributed by atoms with Gasteiger partial charge in [-0.05, 0) is 41.8 Å². The first-order chi connectivity index (χ1) is 11.0. The van der Waals surface area contributed by atoms with Gasteiger partial charge in [-0.25, -0.2) is 9.66 Å². The van der Waals surface area contributed by atoms with Crippen LogP contribution in [0.4, 0.5) is 5.95 Å². The van der Waals surface area contributed by atoms with Crippen LogP contribution in [0.15, 0.2) is 53.8 Å². The molecule has 1 aromatic heterocycles. The summed E-state index contributed by atoms with van der Waals surface area (Å²) in [6.07, 6.45) is 3.50. The molecule has 0 atom stereocenters. The number of imidazole rings is 1. The van der Waals surface area contributed by atoms with Crippen molar-refractivity contribution in [1.82, 2.24) is 9.66 Å². The third kappa shape index (κ3) is 3.73.